The van der Waals surface area contributed by atoms with Crippen molar-refractivity contribution in [2.24, 2.45) is 4.99 Å². The molecule has 0 saturated carbocycles. The van der Waals surface area contributed by atoms with Gasteiger partial charge in [-0.1, -0.05) is 30.3 Å². The molecule has 28 heavy (non-hydrogen) atoms. The number of hydrogen-bond acceptors (Lipinski definition) is 3. The van der Waals surface area contributed by atoms with E-state index < -0.39 is 0 Å². The summed E-state index contributed by atoms with van der Waals surface area (Å²) < 4.78 is 1.88. The molecule has 0 spiro atoms. The van der Waals surface area contributed by atoms with E-state index in [1.54, 1.807) is 0 Å². The second kappa shape index (κ2) is 9.38. The van der Waals surface area contributed by atoms with Crippen molar-refractivity contribution in [1.29, 1.82) is 5.26 Å². The van der Waals surface area contributed by atoms with Gasteiger partial charge in [-0.3, -0.25) is 0 Å². The molecule has 0 aliphatic heterocycles. The summed E-state index contributed by atoms with van der Waals surface area (Å²) in [5, 5.41) is 16.7. The topological polar surface area (TPSA) is 69.2 Å². The molecule has 0 fully saturated rings. The van der Waals surface area contributed by atoms with E-state index in [9.17, 15) is 0 Å². The Balaban J connectivity index is 1.68. The predicted molar refractivity (Wildman–Crippen MR) is 111 cm³/mol. The Bertz CT molecular complexity index is 951. The van der Waals surface area contributed by atoms with E-state index in [1.807, 2.05) is 78.7 Å². The van der Waals surface area contributed by atoms with Crippen LogP contribution in [0.1, 0.15) is 23.6 Å². The van der Waals surface area contributed by atoms with Gasteiger partial charge < -0.3 is 10.2 Å². The van der Waals surface area contributed by atoms with E-state index in [1.165, 1.54) is 0 Å². The van der Waals surface area contributed by atoms with Gasteiger partial charge in [-0.2, -0.15) is 10.4 Å². The van der Waals surface area contributed by atoms with Gasteiger partial charge in [-0.25, -0.2) is 9.67 Å². The molecule has 6 heteroatoms. The number of nitrogens with zero attached hydrogens (tertiary/aromatic N) is 5. The fraction of sp³-hybridized carbons (Fsp3) is 0.227. The Morgan fingerprint density at radius 2 is 1.89 bits per heavy atom. The first-order valence-corrected chi connectivity index (χ1v) is 9.27. The molecule has 142 valence electrons. The molecule has 2 aromatic carbocycles. The molecule has 0 aliphatic carbocycles. The second-order valence-corrected chi connectivity index (χ2v) is 6.46. The van der Waals surface area contributed by atoms with E-state index in [0.29, 0.717) is 18.7 Å². The van der Waals surface area contributed by atoms with Crippen LogP contribution in [0.2, 0.25) is 0 Å². The summed E-state index contributed by atoms with van der Waals surface area (Å²) in [6.07, 6.45) is 3.92. The number of aromatic nitrogens is 2. The minimum absolute atomic E-state index is 0.557. The minimum Gasteiger partial charge on any atom is -0.357 e. The standard InChI is InChI=1S/C22H24N6/c1-3-24-22(25-14-19-11-9-18(13-23)10-12-19)27(2)16-20-15-26-28(17-20)21-7-5-4-6-8-21/h4-12,15,17H,3,14,16H2,1-2H3,(H,24,25). The van der Waals surface area contributed by atoms with Gasteiger partial charge in [0, 0.05) is 31.9 Å². The Morgan fingerprint density at radius 3 is 2.57 bits per heavy atom. The van der Waals surface area contributed by atoms with E-state index in [-0.39, 0.29) is 0 Å². The molecule has 1 heterocycles. The number of nitrogens with one attached hydrogen (secondary N) is 1. The van der Waals surface area contributed by atoms with Gasteiger partial charge >= 0.3 is 0 Å². The van der Waals surface area contributed by atoms with Gasteiger partial charge in [0.25, 0.3) is 0 Å². The third-order valence-electron chi connectivity index (χ3n) is 4.27. The molecule has 6 nitrogen and oxygen atoms in total. The molecule has 0 unspecified atom stereocenters. The van der Waals surface area contributed by atoms with Crippen molar-refractivity contribution in [2.75, 3.05) is 13.6 Å². The lowest BCUT2D eigenvalue weighted by Crippen LogP contribution is -2.38. The van der Waals surface area contributed by atoms with Crippen LogP contribution in [0.5, 0.6) is 0 Å². The molecule has 3 aromatic rings. The monoisotopic (exact) mass is 372 g/mol. The fourth-order valence-electron chi connectivity index (χ4n) is 2.83. The highest BCUT2D eigenvalue weighted by atomic mass is 15.3. The Morgan fingerprint density at radius 1 is 1.14 bits per heavy atom. The van der Waals surface area contributed by atoms with Crippen LogP contribution in [0.4, 0.5) is 0 Å². The number of nitriles is 1. The van der Waals surface area contributed by atoms with Crippen LogP contribution >= 0.6 is 0 Å². The molecule has 3 rings (SSSR count). The summed E-state index contributed by atoms with van der Waals surface area (Å²) >= 11 is 0. The highest BCUT2D eigenvalue weighted by molar-refractivity contribution is 5.79. The molecular formula is C22H24N6. The lowest BCUT2D eigenvalue weighted by molar-refractivity contribution is 0.476. The number of para-hydroxylation sites is 1. The minimum atomic E-state index is 0.557. The number of rotatable bonds is 6. The summed E-state index contributed by atoms with van der Waals surface area (Å²) in [6.45, 7) is 4.10. The average Bonchev–Trinajstić information content (AvgIpc) is 3.20. The van der Waals surface area contributed by atoms with E-state index in [4.69, 9.17) is 10.3 Å². The molecular weight excluding hydrogens is 348 g/mol. The van der Waals surface area contributed by atoms with Gasteiger partial charge in [0.2, 0.25) is 0 Å². The summed E-state index contributed by atoms with van der Waals surface area (Å²) in [6, 6.07) is 19.7. The zero-order valence-electron chi connectivity index (χ0n) is 16.2. The number of hydrogen-bond donors (Lipinski definition) is 1. The summed E-state index contributed by atoms with van der Waals surface area (Å²) in [4.78, 5) is 6.80. The zero-order chi connectivity index (χ0) is 19.8. The van der Waals surface area contributed by atoms with Crippen molar-refractivity contribution in [2.45, 2.75) is 20.0 Å². The van der Waals surface area contributed by atoms with E-state index in [0.717, 1.165) is 29.3 Å². The molecule has 0 aliphatic rings. The third-order valence-corrected chi connectivity index (χ3v) is 4.27. The molecule has 1 aromatic heterocycles. The SMILES string of the molecule is CCNC(=NCc1ccc(C#N)cc1)N(C)Cc1cnn(-c2ccccc2)c1. The van der Waals surface area contributed by atoms with Gasteiger partial charge in [0.1, 0.15) is 0 Å². The first kappa shape index (κ1) is 19.2. The summed E-state index contributed by atoms with van der Waals surface area (Å²) in [5.74, 6) is 0.833. The van der Waals surface area contributed by atoms with Crippen molar-refractivity contribution in [3.63, 3.8) is 0 Å². The molecule has 0 atom stereocenters. The van der Waals surface area contributed by atoms with Gasteiger partial charge in [-0.15, -0.1) is 0 Å². The maximum Gasteiger partial charge on any atom is 0.194 e. The van der Waals surface area contributed by atoms with Crippen LogP contribution in [-0.2, 0) is 13.1 Å². The molecule has 0 bridgehead atoms. The smallest absolute Gasteiger partial charge is 0.194 e. The Labute approximate surface area is 165 Å². The van der Waals surface area contributed by atoms with Crippen molar-refractivity contribution < 1.29 is 0 Å². The highest BCUT2D eigenvalue weighted by Crippen LogP contribution is 2.10. The van der Waals surface area contributed by atoms with Crippen LogP contribution < -0.4 is 5.32 Å². The van der Waals surface area contributed by atoms with E-state index >= 15 is 0 Å². The normalized spacial score (nSPS) is 11.1. The van der Waals surface area contributed by atoms with Gasteiger partial charge in [0.15, 0.2) is 5.96 Å². The maximum atomic E-state index is 8.90. The first-order chi connectivity index (χ1) is 13.7. The van der Waals surface area contributed by atoms with Crippen LogP contribution in [-0.4, -0.2) is 34.2 Å². The molecule has 0 radical (unpaired) electrons. The lowest BCUT2D eigenvalue weighted by Gasteiger charge is -2.21. The highest BCUT2D eigenvalue weighted by Gasteiger charge is 2.09. The van der Waals surface area contributed by atoms with Crippen LogP contribution in [0.25, 0.3) is 5.69 Å². The Hall–Kier alpha value is -3.59. The van der Waals surface area contributed by atoms with Crippen LogP contribution in [0.15, 0.2) is 72.0 Å². The van der Waals surface area contributed by atoms with Gasteiger partial charge in [-0.05, 0) is 36.8 Å². The summed E-state index contributed by atoms with van der Waals surface area (Å²) in [7, 11) is 2.01. The van der Waals surface area contributed by atoms with Crippen molar-refractivity contribution in [3.8, 4) is 11.8 Å². The molecule has 0 amide bonds. The quantitative estimate of drug-likeness (QED) is 0.532. The number of guanidine groups is 1. The molecule has 1 N–H and O–H groups in total. The van der Waals surface area contributed by atoms with Crippen LogP contribution in [0, 0.1) is 11.3 Å². The second-order valence-electron chi connectivity index (χ2n) is 6.46. The predicted octanol–water partition coefficient (Wildman–Crippen LogP) is 3.34. The Kier molecular flexibility index (Phi) is 6.42. The van der Waals surface area contributed by atoms with Gasteiger partial charge in [0.05, 0.1) is 30.1 Å². The zero-order valence-corrected chi connectivity index (χ0v) is 16.2. The number of aliphatic imine (C=N–C) groups is 1. The third kappa shape index (κ3) is 4.98. The fourth-order valence-corrected chi connectivity index (χ4v) is 2.83. The number of benzene rings is 2. The van der Waals surface area contributed by atoms with Crippen molar-refractivity contribution >= 4 is 5.96 Å². The largest absolute Gasteiger partial charge is 0.357 e. The van der Waals surface area contributed by atoms with Crippen LogP contribution in [0.3, 0.4) is 0 Å². The van der Waals surface area contributed by atoms with E-state index in [2.05, 4.69) is 28.3 Å². The lowest BCUT2D eigenvalue weighted by atomic mass is 10.1. The first-order valence-electron chi connectivity index (χ1n) is 9.27. The maximum absolute atomic E-state index is 8.90. The average molecular weight is 372 g/mol. The van der Waals surface area contributed by atoms with Crippen molar-refractivity contribution in [3.05, 3.63) is 83.7 Å². The van der Waals surface area contributed by atoms with Crippen molar-refractivity contribution in [1.82, 2.24) is 20.0 Å². The molecule has 0 saturated heterocycles. The summed E-state index contributed by atoms with van der Waals surface area (Å²) in [5.41, 5.74) is 3.88.